The molecule has 0 radical (unpaired) electrons. The van der Waals surface area contributed by atoms with E-state index in [2.05, 4.69) is 54.4 Å². The molecule has 100 valence electrons. The van der Waals surface area contributed by atoms with Gasteiger partial charge in [-0.3, -0.25) is 0 Å². The summed E-state index contributed by atoms with van der Waals surface area (Å²) in [7, 11) is 3.88. The van der Waals surface area contributed by atoms with Gasteiger partial charge in [-0.1, -0.05) is 48.5 Å². The molecular weight excluding hydrogens is 234 g/mol. The first-order chi connectivity index (χ1) is 9.29. The molecule has 0 aromatic heterocycles. The van der Waals surface area contributed by atoms with Gasteiger partial charge in [0.25, 0.3) is 0 Å². The van der Waals surface area contributed by atoms with Gasteiger partial charge in [0.15, 0.2) is 0 Å². The summed E-state index contributed by atoms with van der Waals surface area (Å²) in [6.45, 7) is 2.01. The zero-order valence-electron chi connectivity index (χ0n) is 11.7. The van der Waals surface area contributed by atoms with E-state index in [0.29, 0.717) is 0 Å². The molecule has 0 saturated heterocycles. The highest BCUT2D eigenvalue weighted by atomic mass is 16.5. The molecule has 0 aliphatic carbocycles. The molecule has 0 unspecified atom stereocenters. The van der Waals surface area contributed by atoms with Crippen LogP contribution in [0.3, 0.4) is 0 Å². The number of rotatable bonds is 6. The first kappa shape index (κ1) is 13.6. The highest BCUT2D eigenvalue weighted by Crippen LogP contribution is 2.18. The molecule has 0 aliphatic heterocycles. The van der Waals surface area contributed by atoms with E-state index in [-0.39, 0.29) is 0 Å². The van der Waals surface area contributed by atoms with E-state index < -0.39 is 0 Å². The van der Waals surface area contributed by atoms with Gasteiger partial charge in [-0.05, 0) is 30.7 Å². The Kier molecular flexibility index (Phi) is 4.99. The predicted molar refractivity (Wildman–Crippen MR) is 79.5 cm³/mol. The van der Waals surface area contributed by atoms with Crippen LogP contribution in [0.5, 0.6) is 5.75 Å². The maximum atomic E-state index is 5.38. The van der Waals surface area contributed by atoms with E-state index in [9.17, 15) is 0 Å². The summed E-state index contributed by atoms with van der Waals surface area (Å²) in [5, 5.41) is 0. The number of benzene rings is 2. The van der Waals surface area contributed by atoms with Gasteiger partial charge in [0.2, 0.25) is 0 Å². The minimum absolute atomic E-state index is 0.982. The van der Waals surface area contributed by atoms with Crippen LogP contribution in [0.25, 0.3) is 0 Å². The number of hydrogen-bond acceptors (Lipinski definition) is 2. The number of hydrogen-bond donors (Lipinski definition) is 0. The third kappa shape index (κ3) is 4.11. The first-order valence-electron chi connectivity index (χ1n) is 6.64. The molecule has 0 fully saturated rings. The van der Waals surface area contributed by atoms with Gasteiger partial charge in [-0.15, -0.1) is 0 Å². The van der Waals surface area contributed by atoms with Crippen LogP contribution in [0.15, 0.2) is 54.6 Å². The van der Waals surface area contributed by atoms with E-state index in [1.807, 2.05) is 12.1 Å². The van der Waals surface area contributed by atoms with Crippen LogP contribution in [0.1, 0.15) is 11.1 Å². The SMILES string of the molecule is COc1ccccc1CCN(C)Cc1ccccc1. The smallest absolute Gasteiger partial charge is 0.122 e. The van der Waals surface area contributed by atoms with Crippen molar-refractivity contribution in [1.29, 1.82) is 0 Å². The molecule has 2 aromatic rings. The summed E-state index contributed by atoms with van der Waals surface area (Å²) in [4.78, 5) is 2.34. The van der Waals surface area contributed by atoms with Crippen molar-refractivity contribution in [1.82, 2.24) is 4.90 Å². The highest BCUT2D eigenvalue weighted by Gasteiger charge is 2.04. The molecule has 0 bridgehead atoms. The first-order valence-corrected chi connectivity index (χ1v) is 6.64. The molecule has 2 heteroatoms. The Morgan fingerprint density at radius 2 is 1.63 bits per heavy atom. The van der Waals surface area contributed by atoms with Crippen molar-refractivity contribution in [2.45, 2.75) is 13.0 Å². The van der Waals surface area contributed by atoms with Crippen LogP contribution in [0, 0.1) is 0 Å². The molecule has 19 heavy (non-hydrogen) atoms. The lowest BCUT2D eigenvalue weighted by atomic mass is 10.1. The van der Waals surface area contributed by atoms with E-state index >= 15 is 0 Å². The van der Waals surface area contributed by atoms with Crippen molar-refractivity contribution in [2.24, 2.45) is 0 Å². The fourth-order valence-electron chi connectivity index (χ4n) is 2.19. The van der Waals surface area contributed by atoms with Gasteiger partial charge in [0.05, 0.1) is 7.11 Å². The third-order valence-corrected chi connectivity index (χ3v) is 3.25. The van der Waals surface area contributed by atoms with Gasteiger partial charge in [0.1, 0.15) is 5.75 Å². The van der Waals surface area contributed by atoms with E-state index in [1.165, 1.54) is 11.1 Å². The van der Waals surface area contributed by atoms with Crippen LogP contribution < -0.4 is 4.74 Å². The quantitative estimate of drug-likeness (QED) is 0.784. The van der Waals surface area contributed by atoms with E-state index in [1.54, 1.807) is 7.11 Å². The van der Waals surface area contributed by atoms with Gasteiger partial charge in [0, 0.05) is 13.1 Å². The largest absolute Gasteiger partial charge is 0.496 e. The summed E-state index contributed by atoms with van der Waals surface area (Å²) in [5.41, 5.74) is 2.62. The summed E-state index contributed by atoms with van der Waals surface area (Å²) in [5.74, 6) is 0.982. The number of methoxy groups -OCH3 is 1. The molecule has 0 saturated carbocycles. The molecule has 2 nitrogen and oxygen atoms in total. The molecule has 0 heterocycles. The summed E-state index contributed by atoms with van der Waals surface area (Å²) in [6, 6.07) is 18.8. The van der Waals surface area contributed by atoms with Crippen LogP contribution >= 0.6 is 0 Å². The second-order valence-electron chi connectivity index (χ2n) is 4.79. The molecular formula is C17H21NO. The Balaban J connectivity index is 1.88. The summed E-state index contributed by atoms with van der Waals surface area (Å²) in [6.07, 6.45) is 1.01. The monoisotopic (exact) mass is 255 g/mol. The van der Waals surface area contributed by atoms with Gasteiger partial charge >= 0.3 is 0 Å². The van der Waals surface area contributed by atoms with Gasteiger partial charge < -0.3 is 9.64 Å². The van der Waals surface area contributed by atoms with Gasteiger partial charge in [-0.2, -0.15) is 0 Å². The summed E-state index contributed by atoms with van der Waals surface area (Å²) < 4.78 is 5.38. The number of para-hydroxylation sites is 1. The Labute approximate surface area is 115 Å². The standard InChI is InChI=1S/C17H21NO/c1-18(14-15-8-4-3-5-9-15)13-12-16-10-6-7-11-17(16)19-2/h3-11H,12-14H2,1-2H3. The number of nitrogens with zero attached hydrogens (tertiary/aromatic N) is 1. The normalized spacial score (nSPS) is 10.7. The third-order valence-electron chi connectivity index (χ3n) is 3.25. The lowest BCUT2D eigenvalue weighted by Gasteiger charge is -2.17. The highest BCUT2D eigenvalue weighted by molar-refractivity contribution is 5.33. The average Bonchev–Trinajstić information content (AvgIpc) is 2.46. The second-order valence-corrected chi connectivity index (χ2v) is 4.79. The van der Waals surface area contributed by atoms with Crippen LogP contribution in [-0.2, 0) is 13.0 Å². The molecule has 0 aliphatic rings. The molecule has 2 rings (SSSR count). The maximum Gasteiger partial charge on any atom is 0.122 e. The Hall–Kier alpha value is -1.80. The molecule has 0 atom stereocenters. The zero-order chi connectivity index (χ0) is 13.5. The van der Waals surface area contributed by atoms with Crippen molar-refractivity contribution in [3.05, 3.63) is 65.7 Å². The van der Waals surface area contributed by atoms with Crippen LogP contribution in [-0.4, -0.2) is 25.6 Å². The van der Waals surface area contributed by atoms with Crippen LogP contribution in [0.2, 0.25) is 0 Å². The predicted octanol–water partition coefficient (Wildman–Crippen LogP) is 3.37. The molecule has 0 N–H and O–H groups in total. The second kappa shape index (κ2) is 6.95. The minimum atomic E-state index is 0.982. The lowest BCUT2D eigenvalue weighted by molar-refractivity contribution is 0.328. The topological polar surface area (TPSA) is 12.5 Å². The number of ether oxygens (including phenoxy) is 1. The van der Waals surface area contributed by atoms with E-state index in [4.69, 9.17) is 4.74 Å². The lowest BCUT2D eigenvalue weighted by Crippen LogP contribution is -2.20. The fraction of sp³-hybridized carbons (Fsp3) is 0.294. The zero-order valence-corrected chi connectivity index (χ0v) is 11.7. The van der Waals surface area contributed by atoms with Crippen molar-refractivity contribution in [3.63, 3.8) is 0 Å². The van der Waals surface area contributed by atoms with Crippen molar-refractivity contribution < 1.29 is 4.74 Å². The Morgan fingerprint density at radius 1 is 0.947 bits per heavy atom. The average molecular weight is 255 g/mol. The van der Waals surface area contributed by atoms with Gasteiger partial charge in [-0.25, -0.2) is 0 Å². The minimum Gasteiger partial charge on any atom is -0.496 e. The number of likely N-dealkylation sites (N-methyl/N-ethyl adjacent to an activating group) is 1. The summed E-state index contributed by atoms with van der Waals surface area (Å²) >= 11 is 0. The van der Waals surface area contributed by atoms with Crippen LogP contribution in [0.4, 0.5) is 0 Å². The molecule has 2 aromatic carbocycles. The Bertz CT molecular complexity index is 496. The molecule has 0 spiro atoms. The van der Waals surface area contributed by atoms with Crippen molar-refractivity contribution in [3.8, 4) is 5.75 Å². The fourth-order valence-corrected chi connectivity index (χ4v) is 2.19. The van der Waals surface area contributed by atoms with E-state index in [0.717, 1.165) is 25.3 Å². The van der Waals surface area contributed by atoms with Crippen molar-refractivity contribution in [2.75, 3.05) is 20.7 Å². The Morgan fingerprint density at radius 3 is 2.37 bits per heavy atom. The maximum absolute atomic E-state index is 5.38. The molecule has 0 amide bonds. The van der Waals surface area contributed by atoms with Crippen molar-refractivity contribution >= 4 is 0 Å².